The summed E-state index contributed by atoms with van der Waals surface area (Å²) in [5, 5.41) is 0.634. The van der Waals surface area contributed by atoms with E-state index < -0.39 is 5.82 Å². The normalized spacial score (nSPS) is 10.6. The largest absolute Gasteiger partial charge is 0.368 e. The van der Waals surface area contributed by atoms with E-state index in [1.54, 1.807) is 12.1 Å². The van der Waals surface area contributed by atoms with Crippen molar-refractivity contribution in [1.82, 2.24) is 9.97 Å². The molecule has 13 heavy (non-hydrogen) atoms. The number of hydrogen-bond acceptors (Lipinski definition) is 3. The number of nitrogens with two attached hydrogens (primary N) is 1. The minimum atomic E-state index is -0.411. The molecule has 0 bridgehead atoms. The van der Waals surface area contributed by atoms with Gasteiger partial charge in [0.2, 0.25) is 5.95 Å². The molecule has 1 heterocycles. The van der Waals surface area contributed by atoms with Crippen LogP contribution >= 0.6 is 15.9 Å². The highest BCUT2D eigenvalue weighted by Gasteiger charge is 2.06. The summed E-state index contributed by atoms with van der Waals surface area (Å²) in [6, 6.07) is 3.33. The van der Waals surface area contributed by atoms with Gasteiger partial charge in [-0.15, -0.1) is 0 Å². The molecule has 0 aliphatic rings. The van der Waals surface area contributed by atoms with E-state index in [4.69, 9.17) is 5.73 Å². The van der Waals surface area contributed by atoms with Crippen molar-refractivity contribution in [2.75, 3.05) is 5.73 Å². The lowest BCUT2D eigenvalue weighted by molar-refractivity contribution is 0.630. The Labute approximate surface area is 81.9 Å². The molecule has 0 spiro atoms. The summed E-state index contributed by atoms with van der Waals surface area (Å²) < 4.78 is 13.8. The summed E-state index contributed by atoms with van der Waals surface area (Å²) >= 11 is 3.06. The van der Waals surface area contributed by atoms with Gasteiger partial charge < -0.3 is 5.73 Å². The van der Waals surface area contributed by atoms with E-state index in [9.17, 15) is 4.39 Å². The molecular weight excluding hydrogens is 237 g/mol. The lowest BCUT2D eigenvalue weighted by Crippen LogP contribution is -1.95. The SMILES string of the molecule is Nc1ncc2ccc(Br)c(F)c2n1. The van der Waals surface area contributed by atoms with E-state index in [-0.39, 0.29) is 11.5 Å². The smallest absolute Gasteiger partial charge is 0.220 e. The summed E-state index contributed by atoms with van der Waals surface area (Å²) in [4.78, 5) is 7.56. The van der Waals surface area contributed by atoms with Crippen LogP contribution in [0.2, 0.25) is 0 Å². The zero-order valence-corrected chi connectivity index (χ0v) is 8.05. The second kappa shape index (κ2) is 2.92. The summed E-state index contributed by atoms with van der Waals surface area (Å²) in [5.74, 6) is -0.337. The molecule has 0 saturated carbocycles. The van der Waals surface area contributed by atoms with E-state index >= 15 is 0 Å². The minimum absolute atomic E-state index is 0.0736. The lowest BCUT2D eigenvalue weighted by atomic mass is 10.2. The topological polar surface area (TPSA) is 51.8 Å². The number of nitrogens with zero attached hydrogens (tertiary/aromatic N) is 2. The van der Waals surface area contributed by atoms with Crippen LogP contribution in [0.15, 0.2) is 22.8 Å². The number of halogens is 2. The molecule has 66 valence electrons. The Hall–Kier alpha value is -1.23. The van der Waals surface area contributed by atoms with Crippen molar-refractivity contribution in [3.05, 3.63) is 28.6 Å². The molecule has 0 aliphatic carbocycles. The Balaban J connectivity index is 2.89. The Morgan fingerprint density at radius 1 is 1.38 bits per heavy atom. The highest BCUT2D eigenvalue weighted by atomic mass is 79.9. The Morgan fingerprint density at radius 2 is 2.15 bits per heavy atom. The first-order valence-corrected chi connectivity index (χ1v) is 4.34. The van der Waals surface area contributed by atoms with E-state index in [2.05, 4.69) is 25.9 Å². The summed E-state index contributed by atoms with van der Waals surface area (Å²) in [6.45, 7) is 0. The van der Waals surface area contributed by atoms with Crippen LogP contribution < -0.4 is 5.73 Å². The fourth-order valence-corrected chi connectivity index (χ4v) is 1.37. The van der Waals surface area contributed by atoms with Gasteiger partial charge in [-0.25, -0.2) is 14.4 Å². The zero-order valence-electron chi connectivity index (χ0n) is 6.46. The quantitative estimate of drug-likeness (QED) is 0.769. The number of benzene rings is 1. The summed E-state index contributed by atoms with van der Waals surface area (Å²) in [5.41, 5.74) is 5.58. The first kappa shape index (κ1) is 8.37. The van der Waals surface area contributed by atoms with Gasteiger partial charge in [-0.2, -0.15) is 0 Å². The van der Waals surface area contributed by atoms with E-state index in [0.717, 1.165) is 0 Å². The molecule has 0 fully saturated rings. The zero-order chi connectivity index (χ0) is 9.42. The number of fused-ring (bicyclic) bond motifs is 1. The molecule has 0 amide bonds. The number of nitrogen functional groups attached to an aromatic ring is 1. The van der Waals surface area contributed by atoms with Gasteiger partial charge in [0.05, 0.1) is 4.47 Å². The molecule has 0 unspecified atom stereocenters. The van der Waals surface area contributed by atoms with Crippen molar-refractivity contribution in [1.29, 1.82) is 0 Å². The molecule has 1 aromatic carbocycles. The molecule has 1 aromatic heterocycles. The predicted molar refractivity (Wildman–Crippen MR) is 51.6 cm³/mol. The maximum atomic E-state index is 13.4. The van der Waals surface area contributed by atoms with E-state index in [1.807, 2.05) is 0 Å². The van der Waals surface area contributed by atoms with E-state index in [0.29, 0.717) is 9.86 Å². The van der Waals surface area contributed by atoms with Crippen molar-refractivity contribution >= 4 is 32.8 Å². The maximum absolute atomic E-state index is 13.4. The van der Waals surface area contributed by atoms with Crippen LogP contribution in [0.25, 0.3) is 10.9 Å². The van der Waals surface area contributed by atoms with Gasteiger partial charge in [-0.05, 0) is 28.1 Å². The molecule has 5 heteroatoms. The number of rotatable bonds is 0. The second-order valence-electron chi connectivity index (χ2n) is 2.53. The first-order chi connectivity index (χ1) is 6.18. The molecule has 2 N–H and O–H groups in total. The summed E-state index contributed by atoms with van der Waals surface area (Å²) in [6.07, 6.45) is 1.49. The van der Waals surface area contributed by atoms with Crippen LogP contribution in [0.3, 0.4) is 0 Å². The maximum Gasteiger partial charge on any atom is 0.220 e. The van der Waals surface area contributed by atoms with Crippen LogP contribution in [0.4, 0.5) is 10.3 Å². The highest BCUT2D eigenvalue weighted by molar-refractivity contribution is 9.10. The van der Waals surface area contributed by atoms with Crippen molar-refractivity contribution < 1.29 is 4.39 Å². The Kier molecular flexibility index (Phi) is 1.88. The lowest BCUT2D eigenvalue weighted by Gasteiger charge is -2.00. The second-order valence-corrected chi connectivity index (χ2v) is 3.38. The fraction of sp³-hybridized carbons (Fsp3) is 0. The number of anilines is 1. The molecule has 2 rings (SSSR count). The van der Waals surface area contributed by atoms with Crippen LogP contribution in [-0.4, -0.2) is 9.97 Å². The first-order valence-electron chi connectivity index (χ1n) is 3.55. The monoisotopic (exact) mass is 241 g/mol. The van der Waals surface area contributed by atoms with Crippen molar-refractivity contribution in [2.45, 2.75) is 0 Å². The molecule has 2 aromatic rings. The van der Waals surface area contributed by atoms with Crippen molar-refractivity contribution in [2.24, 2.45) is 0 Å². The summed E-state index contributed by atoms with van der Waals surface area (Å²) in [7, 11) is 0. The Bertz CT molecular complexity index is 467. The predicted octanol–water partition coefficient (Wildman–Crippen LogP) is 2.11. The molecular formula is C8H5BrFN3. The molecule has 0 aliphatic heterocycles. The van der Waals surface area contributed by atoms with E-state index in [1.165, 1.54) is 6.20 Å². The molecule has 0 saturated heterocycles. The van der Waals surface area contributed by atoms with Crippen LogP contribution in [0.5, 0.6) is 0 Å². The number of aromatic nitrogens is 2. The fourth-order valence-electron chi connectivity index (χ4n) is 1.05. The molecule has 3 nitrogen and oxygen atoms in total. The third kappa shape index (κ3) is 1.35. The number of hydrogen-bond donors (Lipinski definition) is 1. The van der Waals surface area contributed by atoms with Gasteiger partial charge >= 0.3 is 0 Å². The van der Waals surface area contributed by atoms with Crippen molar-refractivity contribution in [3.63, 3.8) is 0 Å². The van der Waals surface area contributed by atoms with Crippen LogP contribution in [-0.2, 0) is 0 Å². The average Bonchev–Trinajstić information content (AvgIpc) is 2.12. The van der Waals surface area contributed by atoms with Gasteiger partial charge in [0, 0.05) is 11.6 Å². The van der Waals surface area contributed by atoms with Gasteiger partial charge in [-0.1, -0.05) is 0 Å². The highest BCUT2D eigenvalue weighted by Crippen LogP contribution is 2.22. The van der Waals surface area contributed by atoms with Gasteiger partial charge in [0.15, 0.2) is 5.82 Å². The van der Waals surface area contributed by atoms with Crippen LogP contribution in [0, 0.1) is 5.82 Å². The third-order valence-corrected chi connectivity index (χ3v) is 2.27. The van der Waals surface area contributed by atoms with Gasteiger partial charge in [0.25, 0.3) is 0 Å². The standard InChI is InChI=1S/C8H5BrFN3/c9-5-2-1-4-3-12-8(11)13-7(4)6(5)10/h1-3H,(H2,11,12,13). The van der Waals surface area contributed by atoms with Crippen molar-refractivity contribution in [3.8, 4) is 0 Å². The van der Waals surface area contributed by atoms with Gasteiger partial charge in [-0.3, -0.25) is 0 Å². The molecule has 0 radical (unpaired) electrons. The average molecular weight is 242 g/mol. The third-order valence-electron chi connectivity index (χ3n) is 1.66. The Morgan fingerprint density at radius 3 is 2.92 bits per heavy atom. The van der Waals surface area contributed by atoms with Gasteiger partial charge in [0.1, 0.15) is 5.52 Å². The minimum Gasteiger partial charge on any atom is -0.368 e. The van der Waals surface area contributed by atoms with Crippen LogP contribution in [0.1, 0.15) is 0 Å². The molecule has 0 atom stereocenters.